The molecule has 1 rings (SSSR count). The summed E-state index contributed by atoms with van der Waals surface area (Å²) in [5.41, 5.74) is 0.551. The Morgan fingerprint density at radius 1 is 1.28 bits per heavy atom. The highest BCUT2D eigenvalue weighted by atomic mass is 16.5. The Morgan fingerprint density at radius 2 is 2.00 bits per heavy atom. The van der Waals surface area contributed by atoms with Crippen molar-refractivity contribution >= 4 is 5.78 Å². The van der Waals surface area contributed by atoms with Gasteiger partial charge in [-0.3, -0.25) is 4.79 Å². The fourth-order valence-corrected chi connectivity index (χ4v) is 1.58. The third kappa shape index (κ3) is 4.13. The first kappa shape index (κ1) is 14.7. The molecule has 0 fully saturated rings. The number of hydrogen-bond acceptors (Lipinski definition) is 4. The van der Waals surface area contributed by atoms with Gasteiger partial charge in [0.25, 0.3) is 0 Å². The van der Waals surface area contributed by atoms with Crippen LogP contribution in [0.2, 0.25) is 0 Å². The van der Waals surface area contributed by atoms with E-state index >= 15 is 0 Å². The normalized spacial score (nSPS) is 12.2. The minimum absolute atomic E-state index is 0.0649. The molecule has 1 atom stereocenters. The van der Waals surface area contributed by atoms with Crippen molar-refractivity contribution in [1.29, 1.82) is 0 Å². The molecule has 0 amide bonds. The Morgan fingerprint density at radius 3 is 2.67 bits per heavy atom. The molecule has 0 bridgehead atoms. The van der Waals surface area contributed by atoms with E-state index < -0.39 is 6.10 Å². The van der Waals surface area contributed by atoms with E-state index in [0.717, 1.165) is 0 Å². The molecule has 100 valence electrons. The molecule has 1 unspecified atom stereocenters. The highest BCUT2D eigenvalue weighted by Gasteiger charge is 2.18. The maximum absolute atomic E-state index is 12.2. The molecule has 18 heavy (non-hydrogen) atoms. The second-order valence-electron chi connectivity index (χ2n) is 3.80. The van der Waals surface area contributed by atoms with Crippen LogP contribution in [0.25, 0.3) is 0 Å². The monoisotopic (exact) mass is 252 g/mol. The average molecular weight is 252 g/mol. The Bertz CT molecular complexity index is 376. The molecule has 0 aliphatic heterocycles. The van der Waals surface area contributed by atoms with E-state index in [0.29, 0.717) is 31.1 Å². The first-order valence-corrected chi connectivity index (χ1v) is 6.07. The average Bonchev–Trinajstić information content (AvgIpc) is 2.39. The van der Waals surface area contributed by atoms with Crippen LogP contribution in [0.15, 0.2) is 24.3 Å². The zero-order chi connectivity index (χ0) is 13.4. The zero-order valence-corrected chi connectivity index (χ0v) is 11.1. The highest BCUT2D eigenvalue weighted by Crippen LogP contribution is 2.20. The molecule has 1 aromatic carbocycles. The van der Waals surface area contributed by atoms with Gasteiger partial charge < -0.3 is 14.2 Å². The lowest BCUT2D eigenvalue weighted by Gasteiger charge is -2.14. The number of ether oxygens (including phenoxy) is 3. The van der Waals surface area contributed by atoms with E-state index in [1.165, 1.54) is 0 Å². The molecule has 0 aliphatic rings. The van der Waals surface area contributed by atoms with E-state index in [1.807, 2.05) is 19.1 Å². The van der Waals surface area contributed by atoms with Crippen LogP contribution in [0.1, 0.15) is 24.2 Å². The summed E-state index contributed by atoms with van der Waals surface area (Å²) in [6.07, 6.45) is -0.456. The number of carbonyl (C=O) groups is 1. The Labute approximate surface area is 108 Å². The van der Waals surface area contributed by atoms with Crippen LogP contribution in [0, 0.1) is 0 Å². The van der Waals surface area contributed by atoms with Crippen LogP contribution in [-0.4, -0.2) is 38.8 Å². The number of benzene rings is 1. The van der Waals surface area contributed by atoms with Gasteiger partial charge in [0.1, 0.15) is 18.5 Å². The lowest BCUT2D eigenvalue weighted by atomic mass is 10.1. The lowest BCUT2D eigenvalue weighted by molar-refractivity contribution is 0.0516. The Hall–Kier alpha value is -1.39. The summed E-state index contributed by atoms with van der Waals surface area (Å²) in [4.78, 5) is 12.2. The first-order valence-electron chi connectivity index (χ1n) is 6.07. The molecular weight excluding hydrogens is 232 g/mol. The minimum Gasteiger partial charge on any atom is -0.490 e. The molecule has 0 saturated heterocycles. The Kier molecular flexibility index (Phi) is 6.39. The topological polar surface area (TPSA) is 44.8 Å². The SMILES string of the molecule is CCOC(C)C(=O)c1ccccc1OCCOC. The van der Waals surface area contributed by atoms with Gasteiger partial charge in [-0.25, -0.2) is 0 Å². The van der Waals surface area contributed by atoms with Crippen molar-refractivity contribution in [2.24, 2.45) is 0 Å². The molecule has 0 radical (unpaired) electrons. The molecule has 4 heteroatoms. The third-order valence-corrected chi connectivity index (χ3v) is 2.48. The molecule has 0 N–H and O–H groups in total. The van der Waals surface area contributed by atoms with E-state index in [2.05, 4.69) is 0 Å². The van der Waals surface area contributed by atoms with E-state index in [1.54, 1.807) is 26.2 Å². The van der Waals surface area contributed by atoms with Gasteiger partial charge in [-0.15, -0.1) is 0 Å². The highest BCUT2D eigenvalue weighted by molar-refractivity contribution is 6.01. The predicted octanol–water partition coefficient (Wildman–Crippen LogP) is 2.32. The summed E-state index contributed by atoms with van der Waals surface area (Å²) >= 11 is 0. The predicted molar refractivity (Wildman–Crippen MR) is 69.2 cm³/mol. The molecule has 0 spiro atoms. The summed E-state index contributed by atoms with van der Waals surface area (Å²) in [6, 6.07) is 7.18. The van der Waals surface area contributed by atoms with Crippen LogP contribution in [0.5, 0.6) is 5.75 Å². The van der Waals surface area contributed by atoms with Crippen molar-refractivity contribution in [3.8, 4) is 5.75 Å². The van der Waals surface area contributed by atoms with Crippen molar-refractivity contribution in [2.45, 2.75) is 20.0 Å². The van der Waals surface area contributed by atoms with E-state index in [-0.39, 0.29) is 5.78 Å². The molecule has 0 aliphatic carbocycles. The summed E-state index contributed by atoms with van der Waals surface area (Å²) in [5, 5.41) is 0. The number of ketones is 1. The number of carbonyl (C=O) groups excluding carboxylic acids is 1. The van der Waals surface area contributed by atoms with Gasteiger partial charge in [0.15, 0.2) is 5.78 Å². The summed E-state index contributed by atoms with van der Waals surface area (Å²) in [5.74, 6) is 0.510. The fraction of sp³-hybridized carbons (Fsp3) is 0.500. The smallest absolute Gasteiger partial charge is 0.194 e. The summed E-state index contributed by atoms with van der Waals surface area (Å²) < 4.78 is 15.7. The lowest BCUT2D eigenvalue weighted by Crippen LogP contribution is -2.21. The maximum Gasteiger partial charge on any atom is 0.194 e. The van der Waals surface area contributed by atoms with Crippen molar-refractivity contribution in [3.63, 3.8) is 0 Å². The first-order chi connectivity index (χ1) is 8.70. The van der Waals surface area contributed by atoms with Crippen LogP contribution >= 0.6 is 0 Å². The molecule has 0 heterocycles. The second kappa shape index (κ2) is 7.84. The standard InChI is InChI=1S/C14H20O4/c1-4-17-11(2)14(15)12-7-5-6-8-13(12)18-10-9-16-3/h5-8,11H,4,9-10H2,1-3H3. The molecule has 0 aromatic heterocycles. The quantitative estimate of drug-likeness (QED) is 0.526. The van der Waals surface area contributed by atoms with Crippen molar-refractivity contribution < 1.29 is 19.0 Å². The van der Waals surface area contributed by atoms with Gasteiger partial charge in [-0.1, -0.05) is 12.1 Å². The van der Waals surface area contributed by atoms with Gasteiger partial charge in [0.2, 0.25) is 0 Å². The van der Waals surface area contributed by atoms with Crippen molar-refractivity contribution in [2.75, 3.05) is 26.9 Å². The number of rotatable bonds is 8. The molecule has 0 saturated carbocycles. The van der Waals surface area contributed by atoms with Gasteiger partial charge in [0.05, 0.1) is 12.2 Å². The summed E-state index contributed by atoms with van der Waals surface area (Å²) in [6.45, 7) is 5.04. The fourth-order valence-electron chi connectivity index (χ4n) is 1.58. The van der Waals surface area contributed by atoms with Crippen LogP contribution in [0.3, 0.4) is 0 Å². The number of methoxy groups -OCH3 is 1. The van der Waals surface area contributed by atoms with Crippen molar-refractivity contribution in [3.05, 3.63) is 29.8 Å². The van der Waals surface area contributed by atoms with Crippen LogP contribution in [0.4, 0.5) is 0 Å². The summed E-state index contributed by atoms with van der Waals surface area (Å²) in [7, 11) is 1.61. The molecule has 1 aromatic rings. The van der Waals surface area contributed by atoms with Gasteiger partial charge >= 0.3 is 0 Å². The van der Waals surface area contributed by atoms with E-state index in [4.69, 9.17) is 14.2 Å². The van der Waals surface area contributed by atoms with Crippen molar-refractivity contribution in [1.82, 2.24) is 0 Å². The number of Topliss-reactive ketones (excluding diaryl/α,β-unsaturated/α-hetero) is 1. The number of para-hydroxylation sites is 1. The Balaban J connectivity index is 2.77. The molecular formula is C14H20O4. The second-order valence-corrected chi connectivity index (χ2v) is 3.80. The number of hydrogen-bond donors (Lipinski definition) is 0. The van der Waals surface area contributed by atoms with Gasteiger partial charge in [0, 0.05) is 13.7 Å². The van der Waals surface area contributed by atoms with Crippen LogP contribution in [-0.2, 0) is 9.47 Å². The van der Waals surface area contributed by atoms with Crippen LogP contribution < -0.4 is 4.74 Å². The van der Waals surface area contributed by atoms with Gasteiger partial charge in [-0.05, 0) is 26.0 Å². The largest absolute Gasteiger partial charge is 0.490 e. The van der Waals surface area contributed by atoms with Gasteiger partial charge in [-0.2, -0.15) is 0 Å². The third-order valence-electron chi connectivity index (χ3n) is 2.48. The maximum atomic E-state index is 12.2. The zero-order valence-electron chi connectivity index (χ0n) is 11.1. The minimum atomic E-state index is -0.456. The molecule has 4 nitrogen and oxygen atoms in total. The van der Waals surface area contributed by atoms with E-state index in [9.17, 15) is 4.79 Å².